The van der Waals surface area contributed by atoms with Gasteiger partial charge in [0.05, 0.1) is 22.1 Å². The number of sulfonamides is 1. The Morgan fingerprint density at radius 2 is 1.58 bits per heavy atom. The molecule has 160 valence electrons. The van der Waals surface area contributed by atoms with Gasteiger partial charge in [0.2, 0.25) is 0 Å². The fraction of sp³-hybridized carbons (Fsp3) is 0.136. The molecule has 9 heteroatoms. The summed E-state index contributed by atoms with van der Waals surface area (Å²) in [6.45, 7) is 1.41. The Morgan fingerprint density at radius 1 is 0.968 bits per heavy atom. The van der Waals surface area contributed by atoms with Gasteiger partial charge in [-0.15, -0.1) is 0 Å². The van der Waals surface area contributed by atoms with Crippen LogP contribution in [0.3, 0.4) is 0 Å². The Hall–Kier alpha value is -3.72. The molecule has 0 N–H and O–H groups in total. The first kappa shape index (κ1) is 22.0. The highest BCUT2D eigenvalue weighted by molar-refractivity contribution is 7.92. The monoisotopic (exact) mass is 440 g/mol. The van der Waals surface area contributed by atoms with Gasteiger partial charge in [-0.25, -0.2) is 13.2 Å². The summed E-state index contributed by atoms with van der Waals surface area (Å²) in [6, 6.07) is 20.3. The molecule has 0 aliphatic rings. The molecule has 0 heterocycles. The Labute approximate surface area is 179 Å². The Morgan fingerprint density at radius 3 is 2.23 bits per heavy atom. The number of nitro groups is 1. The molecule has 0 amide bonds. The Balaban J connectivity index is 1.82. The molecule has 0 saturated carbocycles. The molecule has 0 spiro atoms. The van der Waals surface area contributed by atoms with Crippen molar-refractivity contribution in [3.05, 3.63) is 100 Å². The van der Waals surface area contributed by atoms with E-state index in [1.807, 2.05) is 6.92 Å². The van der Waals surface area contributed by atoms with Gasteiger partial charge in [-0.1, -0.05) is 48.0 Å². The summed E-state index contributed by atoms with van der Waals surface area (Å²) >= 11 is 0. The molecule has 0 saturated heterocycles. The van der Waals surface area contributed by atoms with Crippen molar-refractivity contribution in [2.24, 2.45) is 0 Å². The minimum atomic E-state index is -3.92. The maximum absolute atomic E-state index is 13.2. The van der Waals surface area contributed by atoms with E-state index in [1.54, 1.807) is 42.5 Å². The van der Waals surface area contributed by atoms with Gasteiger partial charge >= 0.3 is 5.97 Å². The number of carbonyl (C=O) groups excluding carboxylic acids is 1. The zero-order chi connectivity index (χ0) is 22.4. The Kier molecular flexibility index (Phi) is 6.66. The summed E-state index contributed by atoms with van der Waals surface area (Å²) in [5.41, 5.74) is 0.758. The quantitative estimate of drug-likeness (QED) is 0.298. The fourth-order valence-electron chi connectivity index (χ4n) is 2.92. The van der Waals surface area contributed by atoms with Crippen LogP contribution in [0.4, 0.5) is 11.4 Å². The topological polar surface area (TPSA) is 107 Å². The van der Waals surface area contributed by atoms with Crippen molar-refractivity contribution in [3.8, 4) is 0 Å². The smallest absolute Gasteiger partial charge is 0.345 e. The maximum Gasteiger partial charge on any atom is 0.345 e. The summed E-state index contributed by atoms with van der Waals surface area (Å²) in [5, 5.41) is 11.1. The summed E-state index contributed by atoms with van der Waals surface area (Å²) in [4.78, 5) is 22.9. The zero-order valence-electron chi connectivity index (χ0n) is 16.7. The van der Waals surface area contributed by atoms with Crippen molar-refractivity contribution in [1.82, 2.24) is 0 Å². The summed E-state index contributed by atoms with van der Waals surface area (Å²) in [6.07, 6.45) is 0. The molecule has 31 heavy (non-hydrogen) atoms. The lowest BCUT2D eigenvalue weighted by molar-refractivity contribution is -0.385. The molecule has 3 aromatic carbocycles. The zero-order valence-corrected chi connectivity index (χ0v) is 17.5. The van der Waals surface area contributed by atoms with Crippen LogP contribution >= 0.6 is 0 Å². The average Bonchev–Trinajstić information content (AvgIpc) is 2.77. The second-order valence-electron chi connectivity index (χ2n) is 6.64. The number of hydrogen-bond acceptors (Lipinski definition) is 6. The van der Waals surface area contributed by atoms with Crippen LogP contribution < -0.4 is 4.31 Å². The van der Waals surface area contributed by atoms with E-state index in [4.69, 9.17) is 4.74 Å². The highest BCUT2D eigenvalue weighted by Crippen LogP contribution is 2.24. The van der Waals surface area contributed by atoms with Gasteiger partial charge in [0.15, 0.2) is 0 Å². The van der Waals surface area contributed by atoms with Crippen LogP contribution in [0.25, 0.3) is 0 Å². The van der Waals surface area contributed by atoms with Gasteiger partial charge in [-0.05, 0) is 37.3 Å². The number of para-hydroxylation sites is 2. The third-order valence-corrected chi connectivity index (χ3v) is 6.34. The van der Waals surface area contributed by atoms with E-state index in [0.29, 0.717) is 5.69 Å². The minimum absolute atomic E-state index is 0.104. The number of ether oxygens (including phenoxy) is 1. The van der Waals surface area contributed by atoms with Crippen LogP contribution in [0.15, 0.2) is 83.8 Å². The molecule has 0 unspecified atom stereocenters. The molecule has 0 aliphatic carbocycles. The molecule has 0 aromatic heterocycles. The number of nitrogens with zero attached hydrogens (tertiary/aromatic N) is 2. The first-order valence-corrected chi connectivity index (χ1v) is 10.8. The first-order valence-electron chi connectivity index (χ1n) is 9.35. The van der Waals surface area contributed by atoms with Gasteiger partial charge in [-0.2, -0.15) is 0 Å². The number of aryl methyl sites for hydroxylation is 1. The Bertz CT molecular complexity index is 1180. The van der Waals surface area contributed by atoms with E-state index >= 15 is 0 Å². The predicted molar refractivity (Wildman–Crippen MR) is 116 cm³/mol. The first-order chi connectivity index (χ1) is 14.8. The SMILES string of the molecule is Cc1ccc(S(=O)(=O)N(CCOC(=O)c2ccccc2[N+](=O)[O-])c2ccccc2)cc1. The van der Waals surface area contributed by atoms with E-state index in [2.05, 4.69) is 0 Å². The van der Waals surface area contributed by atoms with Crippen LogP contribution in [0, 0.1) is 17.0 Å². The van der Waals surface area contributed by atoms with Crippen molar-refractivity contribution in [1.29, 1.82) is 0 Å². The van der Waals surface area contributed by atoms with Gasteiger partial charge in [0.1, 0.15) is 12.2 Å². The number of hydrogen-bond donors (Lipinski definition) is 0. The molecular formula is C22H20N2O6S. The molecular weight excluding hydrogens is 420 g/mol. The summed E-state index contributed by atoms with van der Waals surface area (Å²) in [5.74, 6) is -0.895. The van der Waals surface area contributed by atoms with Crippen LogP contribution in [0.5, 0.6) is 0 Å². The van der Waals surface area contributed by atoms with Gasteiger partial charge in [-0.3, -0.25) is 14.4 Å². The largest absolute Gasteiger partial charge is 0.460 e. The van der Waals surface area contributed by atoms with Crippen molar-refractivity contribution >= 4 is 27.4 Å². The molecule has 0 radical (unpaired) electrons. The highest BCUT2D eigenvalue weighted by atomic mass is 32.2. The second-order valence-corrected chi connectivity index (χ2v) is 8.50. The second kappa shape index (κ2) is 9.40. The molecule has 8 nitrogen and oxygen atoms in total. The van der Waals surface area contributed by atoms with Crippen molar-refractivity contribution in [2.45, 2.75) is 11.8 Å². The van der Waals surface area contributed by atoms with Crippen molar-refractivity contribution in [3.63, 3.8) is 0 Å². The molecule has 3 rings (SSSR count). The number of benzene rings is 3. The highest BCUT2D eigenvalue weighted by Gasteiger charge is 2.26. The van der Waals surface area contributed by atoms with Crippen LogP contribution in [0.1, 0.15) is 15.9 Å². The lowest BCUT2D eigenvalue weighted by Crippen LogP contribution is -2.34. The van der Waals surface area contributed by atoms with Gasteiger partial charge in [0.25, 0.3) is 15.7 Å². The average molecular weight is 440 g/mol. The predicted octanol–water partition coefficient (Wildman–Crippen LogP) is 3.96. The summed E-state index contributed by atoms with van der Waals surface area (Å²) in [7, 11) is -3.92. The third-order valence-electron chi connectivity index (χ3n) is 4.50. The van der Waals surface area contributed by atoms with E-state index in [1.165, 1.54) is 36.4 Å². The van der Waals surface area contributed by atoms with Gasteiger partial charge < -0.3 is 4.74 Å². The third kappa shape index (κ3) is 5.07. The number of anilines is 1. The van der Waals surface area contributed by atoms with Crippen LogP contribution in [-0.2, 0) is 14.8 Å². The normalized spacial score (nSPS) is 11.0. The lowest BCUT2D eigenvalue weighted by atomic mass is 10.2. The molecule has 3 aromatic rings. The lowest BCUT2D eigenvalue weighted by Gasteiger charge is -2.24. The van der Waals surface area contributed by atoms with E-state index in [0.717, 1.165) is 9.87 Å². The molecule has 0 fully saturated rings. The fourth-order valence-corrected chi connectivity index (χ4v) is 4.37. The number of rotatable bonds is 8. The van der Waals surface area contributed by atoms with E-state index in [-0.39, 0.29) is 29.3 Å². The van der Waals surface area contributed by atoms with Crippen LogP contribution in [-0.4, -0.2) is 32.5 Å². The molecule has 0 atom stereocenters. The maximum atomic E-state index is 13.2. The van der Waals surface area contributed by atoms with E-state index in [9.17, 15) is 23.3 Å². The van der Waals surface area contributed by atoms with Crippen molar-refractivity contribution < 1.29 is 22.9 Å². The number of carbonyl (C=O) groups is 1. The number of esters is 1. The van der Waals surface area contributed by atoms with Gasteiger partial charge in [0, 0.05) is 6.07 Å². The summed E-state index contributed by atoms with van der Waals surface area (Å²) < 4.78 is 32.8. The standard InChI is InChI=1S/C22H20N2O6S/c1-17-11-13-19(14-12-17)31(28,29)23(18-7-3-2-4-8-18)15-16-30-22(25)20-9-5-6-10-21(20)24(26)27/h2-14H,15-16H2,1H3. The van der Waals surface area contributed by atoms with Crippen LogP contribution in [0.2, 0.25) is 0 Å². The number of nitro benzene ring substituents is 1. The molecule has 0 bridgehead atoms. The van der Waals surface area contributed by atoms with Crippen molar-refractivity contribution in [2.75, 3.05) is 17.5 Å². The van der Waals surface area contributed by atoms with E-state index < -0.39 is 20.9 Å². The molecule has 0 aliphatic heterocycles. The minimum Gasteiger partial charge on any atom is -0.460 e.